The second kappa shape index (κ2) is 11.0. The van der Waals surface area contributed by atoms with E-state index < -0.39 is 30.6 Å². The van der Waals surface area contributed by atoms with Gasteiger partial charge in [-0.1, -0.05) is 24.3 Å². The molecule has 0 aliphatic carbocycles. The van der Waals surface area contributed by atoms with Crippen molar-refractivity contribution in [2.24, 2.45) is 0 Å². The summed E-state index contributed by atoms with van der Waals surface area (Å²) >= 11 is 0. The molecule has 10 heteroatoms. The molecular weight excluding hydrogens is 501 g/mol. The van der Waals surface area contributed by atoms with E-state index in [0.29, 0.717) is 30.6 Å². The highest BCUT2D eigenvalue weighted by atomic mass is 19.4. The zero-order valence-corrected chi connectivity index (χ0v) is 21.2. The van der Waals surface area contributed by atoms with Crippen molar-refractivity contribution < 1.29 is 22.0 Å². The van der Waals surface area contributed by atoms with Gasteiger partial charge < -0.3 is 10.2 Å². The van der Waals surface area contributed by atoms with Gasteiger partial charge in [-0.3, -0.25) is 14.4 Å². The minimum atomic E-state index is -4.42. The summed E-state index contributed by atoms with van der Waals surface area (Å²) in [5.41, 5.74) is 4.18. The van der Waals surface area contributed by atoms with Crippen LogP contribution in [0.25, 0.3) is 11.1 Å². The molecular formula is C28H32F5N5. The number of H-pyrrole nitrogens is 1. The van der Waals surface area contributed by atoms with Crippen LogP contribution in [0.3, 0.4) is 0 Å². The number of rotatable bonds is 8. The first kappa shape index (κ1) is 26.6. The largest absolute Gasteiger partial charge is 0.401 e. The Labute approximate surface area is 219 Å². The smallest absolute Gasteiger partial charge is 0.381 e. The fraction of sp³-hybridized carbons (Fsp3) is 0.464. The molecule has 0 spiro atoms. The van der Waals surface area contributed by atoms with E-state index in [-0.39, 0.29) is 18.3 Å². The Morgan fingerprint density at radius 2 is 1.92 bits per heavy atom. The van der Waals surface area contributed by atoms with Crippen molar-refractivity contribution in [3.63, 3.8) is 0 Å². The van der Waals surface area contributed by atoms with Gasteiger partial charge in [0.1, 0.15) is 5.82 Å². The average Bonchev–Trinajstić information content (AvgIpc) is 3.55. The predicted molar refractivity (Wildman–Crippen MR) is 137 cm³/mol. The lowest BCUT2D eigenvalue weighted by Gasteiger charge is -2.42. The molecule has 1 fully saturated rings. The van der Waals surface area contributed by atoms with Crippen molar-refractivity contribution >= 4 is 5.69 Å². The Kier molecular flexibility index (Phi) is 7.72. The Morgan fingerprint density at radius 1 is 1.11 bits per heavy atom. The number of anilines is 1. The van der Waals surface area contributed by atoms with Gasteiger partial charge in [-0.25, -0.2) is 4.39 Å². The molecule has 2 aliphatic rings. The van der Waals surface area contributed by atoms with Gasteiger partial charge >= 0.3 is 6.18 Å². The quantitative estimate of drug-likeness (QED) is 0.351. The van der Waals surface area contributed by atoms with Crippen molar-refractivity contribution in [1.29, 1.82) is 0 Å². The molecule has 0 amide bonds. The number of hydrogen-bond donors (Lipinski definition) is 2. The van der Waals surface area contributed by atoms with E-state index in [1.165, 1.54) is 11.0 Å². The van der Waals surface area contributed by atoms with Crippen LogP contribution in [0, 0.1) is 5.82 Å². The number of alkyl halides is 4. The van der Waals surface area contributed by atoms with Crippen LogP contribution in [-0.4, -0.2) is 71.1 Å². The van der Waals surface area contributed by atoms with Crippen LogP contribution < -0.4 is 5.32 Å². The SMILES string of the molecule is C[C@@H]1Cc2cc(-c3cn[nH]c3)ccc2[C@@H](c2ccc(N[C@H]3CCN(CCCF)C3)cc2F)N1CC(F)(F)F. The first-order chi connectivity index (χ1) is 18.2. The highest BCUT2D eigenvalue weighted by Crippen LogP contribution is 2.42. The molecule has 2 aliphatic heterocycles. The van der Waals surface area contributed by atoms with Crippen molar-refractivity contribution in [2.45, 2.75) is 50.5 Å². The molecule has 5 rings (SSSR count). The second-order valence-corrected chi connectivity index (χ2v) is 10.4. The number of fused-ring (bicyclic) bond motifs is 1. The third kappa shape index (κ3) is 5.86. The molecule has 0 saturated carbocycles. The van der Waals surface area contributed by atoms with Crippen LogP contribution >= 0.6 is 0 Å². The maximum absolute atomic E-state index is 15.7. The number of aromatic amines is 1. The maximum Gasteiger partial charge on any atom is 0.401 e. The standard InChI is InChI=1S/C28H32F5N5/c1-18-11-20-12-19(21-14-34-35-15-21)3-5-24(20)27(38(18)17-28(31,32)33)25-6-4-22(13-26(25)30)36-23-7-10-37(16-23)9-2-8-29/h3-6,12-15,18,23,27,36H,2,7-11,16-17H2,1H3,(H,34,35)/t18-,23+,27+/m1/s1. The Hall–Kier alpha value is -2.98. The van der Waals surface area contributed by atoms with E-state index in [1.807, 2.05) is 18.2 Å². The van der Waals surface area contributed by atoms with Crippen molar-refractivity contribution in [3.8, 4) is 11.1 Å². The first-order valence-corrected chi connectivity index (χ1v) is 13.0. The fourth-order valence-electron chi connectivity index (χ4n) is 5.82. The minimum absolute atomic E-state index is 0.110. The summed E-state index contributed by atoms with van der Waals surface area (Å²) in [7, 11) is 0. The molecule has 0 unspecified atom stereocenters. The highest BCUT2D eigenvalue weighted by molar-refractivity contribution is 5.64. The molecule has 3 atom stereocenters. The summed E-state index contributed by atoms with van der Waals surface area (Å²) in [6.07, 6.45) is 0.816. The fourth-order valence-corrected chi connectivity index (χ4v) is 5.82. The Morgan fingerprint density at radius 3 is 2.63 bits per heavy atom. The van der Waals surface area contributed by atoms with Gasteiger partial charge in [-0.2, -0.15) is 18.3 Å². The van der Waals surface area contributed by atoms with Crippen molar-refractivity contribution in [2.75, 3.05) is 38.2 Å². The van der Waals surface area contributed by atoms with Gasteiger partial charge in [0.05, 0.1) is 25.5 Å². The lowest BCUT2D eigenvalue weighted by molar-refractivity contribution is -0.155. The van der Waals surface area contributed by atoms with E-state index in [1.54, 1.807) is 31.5 Å². The number of nitrogens with zero attached hydrogens (tertiary/aromatic N) is 3. The summed E-state index contributed by atoms with van der Waals surface area (Å²) in [6, 6.07) is 9.15. The molecule has 38 heavy (non-hydrogen) atoms. The minimum Gasteiger partial charge on any atom is -0.381 e. The summed E-state index contributed by atoms with van der Waals surface area (Å²) in [4.78, 5) is 3.53. The van der Waals surface area contributed by atoms with Gasteiger partial charge in [0.2, 0.25) is 0 Å². The molecule has 2 N–H and O–H groups in total. The molecule has 204 valence electrons. The van der Waals surface area contributed by atoms with Gasteiger partial charge in [0.15, 0.2) is 0 Å². The summed E-state index contributed by atoms with van der Waals surface area (Å²) in [6.45, 7) is 2.57. The number of halogens is 5. The molecule has 2 aromatic carbocycles. The van der Waals surface area contributed by atoms with Gasteiger partial charge in [-0.15, -0.1) is 0 Å². The Bertz CT molecular complexity index is 1230. The van der Waals surface area contributed by atoms with E-state index in [2.05, 4.69) is 20.4 Å². The normalized spacial score (nSPS) is 22.5. The lowest BCUT2D eigenvalue weighted by Crippen LogP contribution is -2.47. The summed E-state index contributed by atoms with van der Waals surface area (Å²) in [5.74, 6) is -0.543. The molecule has 0 radical (unpaired) electrons. The number of nitrogens with one attached hydrogen (secondary N) is 2. The second-order valence-electron chi connectivity index (χ2n) is 10.4. The summed E-state index contributed by atoms with van der Waals surface area (Å²) < 4.78 is 69.1. The lowest BCUT2D eigenvalue weighted by atomic mass is 9.83. The number of hydrogen-bond acceptors (Lipinski definition) is 4. The molecule has 1 aromatic heterocycles. The monoisotopic (exact) mass is 533 g/mol. The van der Waals surface area contributed by atoms with Crippen LogP contribution in [0.1, 0.15) is 42.5 Å². The van der Waals surface area contributed by atoms with E-state index in [0.717, 1.165) is 36.2 Å². The Balaban J connectivity index is 1.44. The van der Waals surface area contributed by atoms with Gasteiger partial charge in [0, 0.05) is 54.7 Å². The first-order valence-electron chi connectivity index (χ1n) is 13.0. The van der Waals surface area contributed by atoms with Crippen LogP contribution in [0.2, 0.25) is 0 Å². The average molecular weight is 534 g/mol. The van der Waals surface area contributed by atoms with Crippen molar-refractivity contribution in [3.05, 3.63) is 71.3 Å². The maximum atomic E-state index is 15.7. The highest BCUT2D eigenvalue weighted by Gasteiger charge is 2.41. The van der Waals surface area contributed by atoms with Gasteiger partial charge in [0.25, 0.3) is 0 Å². The molecule has 0 bridgehead atoms. The number of likely N-dealkylation sites (tertiary alicyclic amines) is 1. The number of aromatic nitrogens is 2. The molecule has 5 nitrogen and oxygen atoms in total. The topological polar surface area (TPSA) is 47.2 Å². The van der Waals surface area contributed by atoms with Crippen LogP contribution in [0.15, 0.2) is 48.8 Å². The summed E-state index contributed by atoms with van der Waals surface area (Å²) in [5, 5.41) is 10.1. The van der Waals surface area contributed by atoms with Crippen LogP contribution in [0.4, 0.5) is 27.6 Å². The van der Waals surface area contributed by atoms with Gasteiger partial charge in [-0.05, 0) is 55.0 Å². The van der Waals surface area contributed by atoms with Crippen LogP contribution in [-0.2, 0) is 6.42 Å². The zero-order valence-electron chi connectivity index (χ0n) is 21.2. The third-order valence-electron chi connectivity index (χ3n) is 7.59. The zero-order chi connectivity index (χ0) is 26.9. The molecule has 3 aromatic rings. The van der Waals surface area contributed by atoms with Crippen molar-refractivity contribution in [1.82, 2.24) is 20.0 Å². The van der Waals surface area contributed by atoms with E-state index in [4.69, 9.17) is 0 Å². The molecule has 1 saturated heterocycles. The van der Waals surface area contributed by atoms with E-state index in [9.17, 15) is 17.6 Å². The van der Waals surface area contributed by atoms with Crippen LogP contribution in [0.5, 0.6) is 0 Å². The third-order valence-corrected chi connectivity index (χ3v) is 7.59. The van der Waals surface area contributed by atoms with E-state index >= 15 is 4.39 Å². The number of benzene rings is 2. The predicted octanol–water partition coefficient (Wildman–Crippen LogP) is 5.96. The molecule has 3 heterocycles.